The lowest BCUT2D eigenvalue weighted by atomic mass is 10.1. The van der Waals surface area contributed by atoms with Crippen molar-refractivity contribution in [2.24, 2.45) is 0 Å². The number of hydrogen-bond donors (Lipinski definition) is 0. The lowest BCUT2D eigenvalue weighted by molar-refractivity contribution is 0.412. The molecule has 3 aromatic rings. The summed E-state index contributed by atoms with van der Waals surface area (Å²) in [5, 5.41) is 0. The maximum absolute atomic E-state index is 13.0. The number of benzene rings is 1. The Kier molecular flexibility index (Phi) is 4.61. The molecule has 27 heavy (non-hydrogen) atoms. The minimum absolute atomic E-state index is 0.0673. The Hall–Kier alpha value is -2.45. The molecule has 4 rings (SSSR count). The minimum Gasteiger partial charge on any atom is -0.497 e. The zero-order chi connectivity index (χ0) is 19.0. The first-order valence-electron chi connectivity index (χ1n) is 8.99. The lowest BCUT2D eigenvalue weighted by Gasteiger charge is -2.17. The van der Waals surface area contributed by atoms with Gasteiger partial charge in [0.05, 0.1) is 29.2 Å². The van der Waals surface area contributed by atoms with Crippen molar-refractivity contribution < 1.29 is 13.2 Å². The molecular formula is C19H22N4O3S. The van der Waals surface area contributed by atoms with Gasteiger partial charge in [0, 0.05) is 37.8 Å². The molecule has 0 unspecified atom stereocenters. The molecule has 8 heteroatoms. The van der Waals surface area contributed by atoms with Gasteiger partial charge in [0.2, 0.25) is 10.0 Å². The summed E-state index contributed by atoms with van der Waals surface area (Å²) in [4.78, 5) is 9.22. The summed E-state index contributed by atoms with van der Waals surface area (Å²) in [7, 11) is -2.03. The van der Waals surface area contributed by atoms with E-state index in [4.69, 9.17) is 9.72 Å². The normalized spacial score (nSPS) is 18.2. The highest BCUT2D eigenvalue weighted by molar-refractivity contribution is 7.89. The van der Waals surface area contributed by atoms with E-state index in [-0.39, 0.29) is 10.8 Å². The number of hydrogen-bond acceptors (Lipinski definition) is 5. The Labute approximate surface area is 158 Å². The Balaban J connectivity index is 1.64. The van der Waals surface area contributed by atoms with Gasteiger partial charge in [-0.3, -0.25) is 4.98 Å². The monoisotopic (exact) mass is 386 g/mol. The molecule has 0 bridgehead atoms. The maximum atomic E-state index is 13.0. The number of aryl methyl sites for hydroxylation is 1. The van der Waals surface area contributed by atoms with Gasteiger partial charge in [-0.2, -0.15) is 4.31 Å². The van der Waals surface area contributed by atoms with Crippen LogP contribution >= 0.6 is 0 Å². The van der Waals surface area contributed by atoms with Crippen LogP contribution in [-0.2, 0) is 16.6 Å². The Bertz CT molecular complexity index is 1080. The second-order valence-electron chi connectivity index (χ2n) is 6.61. The van der Waals surface area contributed by atoms with E-state index in [1.165, 1.54) is 7.11 Å². The highest BCUT2D eigenvalue weighted by atomic mass is 32.2. The van der Waals surface area contributed by atoms with Crippen LogP contribution in [0.4, 0.5) is 0 Å². The standard InChI is InChI=1S/C19H22N4O3S/c1-3-23-18-12-20-9-7-17(18)21-19(23)14-8-10-22(13-14)27(24,25)16-6-4-5-15(11-16)26-2/h4-7,9,11-12,14H,3,8,10,13H2,1-2H3/t14-/m0/s1. The van der Waals surface area contributed by atoms with Crippen LogP contribution in [0.25, 0.3) is 11.0 Å². The minimum atomic E-state index is -3.56. The molecule has 7 nitrogen and oxygen atoms in total. The molecule has 1 atom stereocenters. The fraction of sp³-hybridized carbons (Fsp3) is 0.368. The third-order valence-corrected chi connectivity index (χ3v) is 6.95. The molecule has 0 amide bonds. The number of sulfonamides is 1. The molecule has 1 aliphatic rings. The number of methoxy groups -OCH3 is 1. The van der Waals surface area contributed by atoms with Gasteiger partial charge in [0.15, 0.2) is 0 Å². The van der Waals surface area contributed by atoms with Crippen LogP contribution in [0, 0.1) is 0 Å². The highest BCUT2D eigenvalue weighted by Gasteiger charge is 2.35. The number of ether oxygens (including phenoxy) is 1. The van der Waals surface area contributed by atoms with Crippen LogP contribution in [-0.4, -0.2) is 47.5 Å². The van der Waals surface area contributed by atoms with Gasteiger partial charge in [-0.25, -0.2) is 13.4 Å². The van der Waals surface area contributed by atoms with E-state index in [0.717, 1.165) is 29.8 Å². The number of rotatable bonds is 5. The first-order valence-corrected chi connectivity index (χ1v) is 10.4. The van der Waals surface area contributed by atoms with Crippen LogP contribution in [0.15, 0.2) is 47.6 Å². The average molecular weight is 386 g/mol. The molecule has 0 aliphatic carbocycles. The molecule has 1 saturated heterocycles. The number of nitrogens with zero attached hydrogens (tertiary/aromatic N) is 4. The summed E-state index contributed by atoms with van der Waals surface area (Å²) in [6.45, 7) is 3.75. The Morgan fingerprint density at radius 1 is 1.30 bits per heavy atom. The largest absolute Gasteiger partial charge is 0.497 e. The van der Waals surface area contributed by atoms with Gasteiger partial charge in [-0.05, 0) is 31.5 Å². The fourth-order valence-electron chi connectivity index (χ4n) is 3.70. The molecule has 3 heterocycles. The van der Waals surface area contributed by atoms with E-state index < -0.39 is 10.0 Å². The summed E-state index contributed by atoms with van der Waals surface area (Å²) in [6, 6.07) is 8.50. The first kappa shape index (κ1) is 17.9. The fourth-order valence-corrected chi connectivity index (χ4v) is 5.24. The highest BCUT2D eigenvalue weighted by Crippen LogP contribution is 2.33. The number of fused-ring (bicyclic) bond motifs is 1. The topological polar surface area (TPSA) is 77.3 Å². The van der Waals surface area contributed by atoms with Gasteiger partial charge in [-0.15, -0.1) is 0 Å². The Morgan fingerprint density at radius 3 is 2.93 bits per heavy atom. The number of pyridine rings is 1. The summed E-state index contributed by atoms with van der Waals surface area (Å²) < 4.78 is 34.9. The molecule has 0 radical (unpaired) electrons. The quantitative estimate of drug-likeness (QED) is 0.674. The summed E-state index contributed by atoms with van der Waals surface area (Å²) in [6.07, 6.45) is 4.29. The molecular weight excluding hydrogens is 364 g/mol. The predicted molar refractivity (Wildman–Crippen MR) is 102 cm³/mol. The second-order valence-corrected chi connectivity index (χ2v) is 8.54. The van der Waals surface area contributed by atoms with Crippen LogP contribution in [0.1, 0.15) is 25.1 Å². The van der Waals surface area contributed by atoms with Crippen LogP contribution in [0.3, 0.4) is 0 Å². The van der Waals surface area contributed by atoms with Crippen LogP contribution in [0.5, 0.6) is 5.75 Å². The predicted octanol–water partition coefficient (Wildman–Crippen LogP) is 2.64. The van der Waals surface area contributed by atoms with Gasteiger partial charge in [0.25, 0.3) is 0 Å². The molecule has 0 saturated carbocycles. The lowest BCUT2D eigenvalue weighted by Crippen LogP contribution is -2.29. The van der Waals surface area contributed by atoms with E-state index in [0.29, 0.717) is 18.8 Å². The molecule has 0 spiro atoms. The smallest absolute Gasteiger partial charge is 0.243 e. The van der Waals surface area contributed by atoms with Crippen molar-refractivity contribution in [3.63, 3.8) is 0 Å². The van der Waals surface area contributed by atoms with Crippen molar-refractivity contribution in [2.45, 2.75) is 30.7 Å². The third kappa shape index (κ3) is 3.08. The van der Waals surface area contributed by atoms with Gasteiger partial charge < -0.3 is 9.30 Å². The number of imidazole rings is 1. The van der Waals surface area contributed by atoms with Crippen molar-refractivity contribution in [2.75, 3.05) is 20.2 Å². The van der Waals surface area contributed by atoms with E-state index in [1.54, 1.807) is 34.8 Å². The Morgan fingerprint density at radius 2 is 2.15 bits per heavy atom. The number of aromatic nitrogens is 3. The molecule has 2 aromatic heterocycles. The van der Waals surface area contributed by atoms with E-state index in [2.05, 4.69) is 16.5 Å². The molecule has 1 aliphatic heterocycles. The van der Waals surface area contributed by atoms with E-state index in [9.17, 15) is 8.42 Å². The molecule has 1 fully saturated rings. The van der Waals surface area contributed by atoms with Crippen molar-refractivity contribution in [3.8, 4) is 5.75 Å². The first-order chi connectivity index (χ1) is 13.0. The van der Waals surface area contributed by atoms with Gasteiger partial charge in [0.1, 0.15) is 11.6 Å². The van der Waals surface area contributed by atoms with Crippen LogP contribution < -0.4 is 4.74 Å². The zero-order valence-electron chi connectivity index (χ0n) is 15.4. The maximum Gasteiger partial charge on any atom is 0.243 e. The van der Waals surface area contributed by atoms with Crippen molar-refractivity contribution in [3.05, 3.63) is 48.5 Å². The molecule has 142 valence electrons. The SMILES string of the molecule is CCn1c([C@H]2CCN(S(=O)(=O)c3cccc(OC)c3)C2)nc2ccncc21. The average Bonchev–Trinajstić information content (AvgIpc) is 3.32. The third-order valence-electron chi connectivity index (χ3n) is 5.09. The summed E-state index contributed by atoms with van der Waals surface area (Å²) >= 11 is 0. The van der Waals surface area contributed by atoms with Crippen molar-refractivity contribution in [1.29, 1.82) is 0 Å². The van der Waals surface area contributed by atoms with Gasteiger partial charge >= 0.3 is 0 Å². The van der Waals surface area contributed by atoms with Gasteiger partial charge in [-0.1, -0.05) is 6.07 Å². The summed E-state index contributed by atoms with van der Waals surface area (Å²) in [5.41, 5.74) is 1.89. The second kappa shape index (κ2) is 6.94. The summed E-state index contributed by atoms with van der Waals surface area (Å²) in [5.74, 6) is 1.54. The van der Waals surface area contributed by atoms with E-state index >= 15 is 0 Å². The molecule has 1 aromatic carbocycles. The van der Waals surface area contributed by atoms with E-state index in [1.807, 2.05) is 12.3 Å². The molecule has 0 N–H and O–H groups in total. The van der Waals surface area contributed by atoms with Crippen LogP contribution in [0.2, 0.25) is 0 Å². The van der Waals surface area contributed by atoms with Crippen molar-refractivity contribution in [1.82, 2.24) is 18.8 Å². The van der Waals surface area contributed by atoms with Crippen molar-refractivity contribution >= 4 is 21.1 Å². The zero-order valence-corrected chi connectivity index (χ0v) is 16.2.